The van der Waals surface area contributed by atoms with Crippen LogP contribution in [-0.4, -0.2) is 47.4 Å². The third kappa shape index (κ3) is 5.56. The van der Waals surface area contributed by atoms with Crippen LogP contribution in [0, 0.1) is 12.7 Å². The standard InChI is InChI=1S/C28H31FN2O3S/c1-4-20(3)31(28(33)23-11-6-5-8-19(23)2)17-27(32)30-14-12-26-24(13-15-35-26)25(30)18-34-22-10-7-9-21(29)16-22/h5-11,13,15-16,20,25H,4,12,14,17-18H2,1-3H3/t20-,25+/m1/s1. The van der Waals surface area contributed by atoms with Gasteiger partial charge in [-0.2, -0.15) is 0 Å². The van der Waals surface area contributed by atoms with Gasteiger partial charge in [0, 0.05) is 29.1 Å². The number of carbonyl (C=O) groups excluding carboxylic acids is 2. The van der Waals surface area contributed by atoms with Crippen LogP contribution in [0.25, 0.3) is 0 Å². The van der Waals surface area contributed by atoms with E-state index >= 15 is 0 Å². The molecule has 5 nitrogen and oxygen atoms in total. The van der Waals surface area contributed by atoms with Gasteiger partial charge in [-0.1, -0.05) is 31.2 Å². The first kappa shape index (κ1) is 24.9. The molecular formula is C28H31FN2O3S. The Bertz CT molecular complexity index is 1190. The van der Waals surface area contributed by atoms with Crippen LogP contribution in [0.3, 0.4) is 0 Å². The van der Waals surface area contributed by atoms with Crippen LogP contribution in [0.5, 0.6) is 5.75 Å². The van der Waals surface area contributed by atoms with E-state index in [4.69, 9.17) is 4.74 Å². The molecule has 1 aliphatic heterocycles. The Labute approximate surface area is 210 Å². The van der Waals surface area contributed by atoms with Crippen molar-refractivity contribution < 1.29 is 18.7 Å². The van der Waals surface area contributed by atoms with E-state index < -0.39 is 0 Å². The van der Waals surface area contributed by atoms with Crippen molar-refractivity contribution in [3.63, 3.8) is 0 Å². The molecule has 0 spiro atoms. The molecule has 184 valence electrons. The minimum atomic E-state index is -0.366. The number of thiophene rings is 1. The molecule has 2 amide bonds. The summed E-state index contributed by atoms with van der Waals surface area (Å²) >= 11 is 1.68. The van der Waals surface area contributed by atoms with Crippen molar-refractivity contribution in [3.8, 4) is 5.75 Å². The molecule has 2 heterocycles. The average Bonchev–Trinajstić information content (AvgIpc) is 3.34. The third-order valence-corrected chi connectivity index (χ3v) is 7.68. The highest BCUT2D eigenvalue weighted by Gasteiger charge is 2.34. The fourth-order valence-corrected chi connectivity index (χ4v) is 5.39. The van der Waals surface area contributed by atoms with Crippen LogP contribution in [0.4, 0.5) is 4.39 Å². The summed E-state index contributed by atoms with van der Waals surface area (Å²) in [7, 11) is 0. The minimum Gasteiger partial charge on any atom is -0.491 e. The number of rotatable bonds is 8. The van der Waals surface area contributed by atoms with Gasteiger partial charge in [-0.3, -0.25) is 9.59 Å². The molecule has 0 fully saturated rings. The molecule has 1 aliphatic rings. The summed E-state index contributed by atoms with van der Waals surface area (Å²) in [4.78, 5) is 31.9. The van der Waals surface area contributed by atoms with E-state index in [1.807, 2.05) is 61.4 Å². The molecule has 35 heavy (non-hydrogen) atoms. The Hall–Kier alpha value is -3.19. The van der Waals surface area contributed by atoms with E-state index in [-0.39, 0.29) is 42.9 Å². The molecular weight excluding hydrogens is 463 g/mol. The third-order valence-electron chi connectivity index (χ3n) is 6.68. The topological polar surface area (TPSA) is 49.9 Å². The fourth-order valence-electron chi connectivity index (χ4n) is 4.46. The number of nitrogens with zero attached hydrogens (tertiary/aromatic N) is 2. The molecule has 7 heteroatoms. The second kappa shape index (κ2) is 11.0. The Morgan fingerprint density at radius 1 is 1.20 bits per heavy atom. The lowest BCUT2D eigenvalue weighted by atomic mass is 10.00. The first-order valence-electron chi connectivity index (χ1n) is 12.0. The zero-order chi connectivity index (χ0) is 24.9. The number of halogens is 1. The molecule has 2 atom stereocenters. The van der Waals surface area contributed by atoms with Gasteiger partial charge in [0.15, 0.2) is 0 Å². The van der Waals surface area contributed by atoms with Crippen LogP contribution in [0.1, 0.15) is 52.7 Å². The zero-order valence-corrected chi connectivity index (χ0v) is 21.2. The molecule has 4 rings (SSSR count). The van der Waals surface area contributed by atoms with Gasteiger partial charge >= 0.3 is 0 Å². The Kier molecular flexibility index (Phi) is 7.86. The van der Waals surface area contributed by atoms with Crippen molar-refractivity contribution >= 4 is 23.2 Å². The number of hydrogen-bond acceptors (Lipinski definition) is 4. The first-order valence-corrected chi connectivity index (χ1v) is 12.9. The number of ether oxygens (including phenoxy) is 1. The van der Waals surface area contributed by atoms with E-state index in [1.165, 1.54) is 17.0 Å². The quantitative estimate of drug-likeness (QED) is 0.407. The van der Waals surface area contributed by atoms with Gasteiger partial charge in [0.2, 0.25) is 5.91 Å². The van der Waals surface area contributed by atoms with Crippen molar-refractivity contribution in [2.75, 3.05) is 19.7 Å². The highest BCUT2D eigenvalue weighted by molar-refractivity contribution is 7.10. The van der Waals surface area contributed by atoms with Crippen LogP contribution in [-0.2, 0) is 11.2 Å². The number of fused-ring (bicyclic) bond motifs is 1. The summed E-state index contributed by atoms with van der Waals surface area (Å²) in [5.41, 5.74) is 2.57. The summed E-state index contributed by atoms with van der Waals surface area (Å²) in [5, 5.41) is 2.03. The number of hydrogen-bond donors (Lipinski definition) is 0. The molecule has 0 radical (unpaired) electrons. The van der Waals surface area contributed by atoms with Crippen molar-refractivity contribution in [2.45, 2.75) is 45.7 Å². The van der Waals surface area contributed by atoms with E-state index in [2.05, 4.69) is 0 Å². The second-order valence-electron chi connectivity index (χ2n) is 8.93. The summed E-state index contributed by atoms with van der Waals surface area (Å²) in [5.74, 6) is -0.187. The highest BCUT2D eigenvalue weighted by Crippen LogP contribution is 2.34. The molecule has 1 aromatic heterocycles. The summed E-state index contributed by atoms with van der Waals surface area (Å²) in [6, 6.07) is 15.1. The largest absolute Gasteiger partial charge is 0.491 e. The van der Waals surface area contributed by atoms with Crippen LogP contribution < -0.4 is 4.74 Å². The maximum absolute atomic E-state index is 13.7. The zero-order valence-electron chi connectivity index (χ0n) is 20.4. The van der Waals surface area contributed by atoms with Gasteiger partial charge in [-0.15, -0.1) is 11.3 Å². The maximum Gasteiger partial charge on any atom is 0.254 e. The molecule has 0 saturated carbocycles. The molecule has 0 unspecified atom stereocenters. The van der Waals surface area contributed by atoms with Gasteiger partial charge in [0.1, 0.15) is 24.7 Å². The number of aryl methyl sites for hydroxylation is 1. The van der Waals surface area contributed by atoms with Crippen LogP contribution in [0.15, 0.2) is 60.0 Å². The van der Waals surface area contributed by atoms with Gasteiger partial charge in [-0.05, 0) is 67.5 Å². The molecule has 0 aliphatic carbocycles. The van der Waals surface area contributed by atoms with Gasteiger partial charge < -0.3 is 14.5 Å². The van der Waals surface area contributed by atoms with E-state index in [1.54, 1.807) is 28.4 Å². The van der Waals surface area contributed by atoms with E-state index in [0.29, 0.717) is 17.9 Å². The lowest BCUT2D eigenvalue weighted by Crippen LogP contribution is -2.50. The number of amides is 2. The fraction of sp³-hybridized carbons (Fsp3) is 0.357. The summed E-state index contributed by atoms with van der Waals surface area (Å²) in [6.45, 7) is 6.66. The van der Waals surface area contributed by atoms with E-state index in [0.717, 1.165) is 24.0 Å². The molecule has 2 aromatic carbocycles. The predicted octanol–water partition coefficient (Wildman–Crippen LogP) is 5.64. The van der Waals surface area contributed by atoms with Crippen molar-refractivity contribution in [3.05, 3.63) is 87.4 Å². The van der Waals surface area contributed by atoms with Crippen molar-refractivity contribution in [1.82, 2.24) is 9.80 Å². The Morgan fingerprint density at radius 3 is 2.74 bits per heavy atom. The van der Waals surface area contributed by atoms with Crippen LogP contribution in [0.2, 0.25) is 0 Å². The Balaban J connectivity index is 1.56. The van der Waals surface area contributed by atoms with Crippen molar-refractivity contribution in [1.29, 1.82) is 0 Å². The monoisotopic (exact) mass is 494 g/mol. The molecule has 3 aromatic rings. The summed E-state index contributed by atoms with van der Waals surface area (Å²) in [6.07, 6.45) is 1.51. The number of carbonyl (C=O) groups is 2. The highest BCUT2D eigenvalue weighted by atomic mass is 32.1. The van der Waals surface area contributed by atoms with Gasteiger partial charge in [0.05, 0.1) is 6.04 Å². The molecule has 0 N–H and O–H groups in total. The second-order valence-corrected chi connectivity index (χ2v) is 9.93. The first-order chi connectivity index (χ1) is 16.9. The minimum absolute atomic E-state index is 0.00188. The maximum atomic E-state index is 13.7. The van der Waals surface area contributed by atoms with Gasteiger partial charge in [-0.25, -0.2) is 4.39 Å². The van der Waals surface area contributed by atoms with Crippen molar-refractivity contribution in [2.24, 2.45) is 0 Å². The van der Waals surface area contributed by atoms with Crippen LogP contribution >= 0.6 is 11.3 Å². The Morgan fingerprint density at radius 2 is 2.00 bits per heavy atom. The predicted molar refractivity (Wildman–Crippen MR) is 136 cm³/mol. The molecule has 0 bridgehead atoms. The average molecular weight is 495 g/mol. The number of benzene rings is 2. The van der Waals surface area contributed by atoms with Gasteiger partial charge in [0.25, 0.3) is 5.91 Å². The van der Waals surface area contributed by atoms with E-state index in [9.17, 15) is 14.0 Å². The normalized spacial score (nSPS) is 15.9. The molecule has 0 saturated heterocycles. The lowest BCUT2D eigenvalue weighted by Gasteiger charge is -2.38. The summed E-state index contributed by atoms with van der Waals surface area (Å²) < 4.78 is 19.6. The smallest absolute Gasteiger partial charge is 0.254 e. The SMILES string of the molecule is CC[C@@H](C)N(CC(=O)N1CCc2sccc2[C@@H]1COc1cccc(F)c1)C(=O)c1ccccc1C. The lowest BCUT2D eigenvalue weighted by molar-refractivity contribution is -0.136.